The van der Waals surface area contributed by atoms with Crippen molar-refractivity contribution in [3.8, 4) is 0 Å². The molecule has 1 amide bonds. The molecule has 0 saturated carbocycles. The van der Waals surface area contributed by atoms with Gasteiger partial charge in [0.15, 0.2) is 0 Å². The number of carboxylic acid groups (broad SMARTS) is 1. The molecule has 5 nitrogen and oxygen atoms in total. The zero-order valence-corrected chi connectivity index (χ0v) is 9.55. The standard InChI is InChI=1S/C11H13FN2O3/c1-7(11(16)17)6-14(2)10(15)8-4-3-5-9(12)13-8/h3-5,7H,6H2,1-2H3,(H,16,17). The zero-order chi connectivity index (χ0) is 13.0. The van der Waals surface area contributed by atoms with Crippen molar-refractivity contribution in [3.05, 3.63) is 29.8 Å². The molecule has 17 heavy (non-hydrogen) atoms. The number of carbonyl (C=O) groups excluding carboxylic acids is 1. The first-order valence-corrected chi connectivity index (χ1v) is 5.02. The lowest BCUT2D eigenvalue weighted by Crippen LogP contribution is -2.34. The molecule has 1 rings (SSSR count). The fraction of sp³-hybridized carbons (Fsp3) is 0.364. The lowest BCUT2D eigenvalue weighted by atomic mass is 10.1. The SMILES string of the molecule is CC(CN(C)C(=O)c1cccc(F)n1)C(=O)O. The molecule has 0 radical (unpaired) electrons. The summed E-state index contributed by atoms with van der Waals surface area (Å²) in [6.45, 7) is 1.54. The van der Waals surface area contributed by atoms with E-state index < -0.39 is 23.7 Å². The van der Waals surface area contributed by atoms with Crippen LogP contribution in [-0.2, 0) is 4.79 Å². The second-order valence-corrected chi connectivity index (χ2v) is 3.77. The van der Waals surface area contributed by atoms with Crippen molar-refractivity contribution in [2.75, 3.05) is 13.6 Å². The molecule has 1 unspecified atom stereocenters. The fourth-order valence-electron chi connectivity index (χ4n) is 1.29. The molecule has 0 spiro atoms. The number of amides is 1. The average molecular weight is 240 g/mol. The van der Waals surface area contributed by atoms with E-state index in [4.69, 9.17) is 5.11 Å². The molecule has 92 valence electrons. The number of hydrogen-bond donors (Lipinski definition) is 1. The summed E-state index contributed by atoms with van der Waals surface area (Å²) in [6.07, 6.45) is 0. The minimum absolute atomic E-state index is 0.0370. The number of rotatable bonds is 4. The number of pyridine rings is 1. The molecule has 1 atom stereocenters. The van der Waals surface area contributed by atoms with E-state index >= 15 is 0 Å². The van der Waals surface area contributed by atoms with Crippen LogP contribution < -0.4 is 0 Å². The van der Waals surface area contributed by atoms with E-state index in [-0.39, 0.29) is 12.2 Å². The first-order chi connectivity index (χ1) is 7.91. The highest BCUT2D eigenvalue weighted by atomic mass is 19.1. The van der Waals surface area contributed by atoms with E-state index in [1.807, 2.05) is 0 Å². The Kier molecular flexibility index (Phi) is 4.14. The second kappa shape index (κ2) is 5.38. The van der Waals surface area contributed by atoms with Crippen LogP contribution in [-0.4, -0.2) is 40.5 Å². The summed E-state index contributed by atoms with van der Waals surface area (Å²) in [4.78, 5) is 27.0. The number of halogens is 1. The first kappa shape index (κ1) is 13.1. The molecule has 1 aromatic heterocycles. The molecule has 0 aliphatic rings. The molecule has 0 bridgehead atoms. The van der Waals surface area contributed by atoms with Gasteiger partial charge in [-0.25, -0.2) is 4.98 Å². The highest BCUT2D eigenvalue weighted by molar-refractivity contribution is 5.92. The topological polar surface area (TPSA) is 70.5 Å². The van der Waals surface area contributed by atoms with Gasteiger partial charge in [-0.15, -0.1) is 0 Å². The van der Waals surface area contributed by atoms with E-state index in [1.165, 1.54) is 31.0 Å². The molecule has 1 aromatic rings. The molecule has 1 N–H and O–H groups in total. The Bertz CT molecular complexity index is 436. The van der Waals surface area contributed by atoms with Crippen molar-refractivity contribution < 1.29 is 19.1 Å². The predicted octanol–water partition coefficient (Wildman–Crippen LogP) is 1.01. The largest absolute Gasteiger partial charge is 0.481 e. The van der Waals surface area contributed by atoms with Gasteiger partial charge in [0.2, 0.25) is 5.95 Å². The van der Waals surface area contributed by atoms with Gasteiger partial charge in [-0.1, -0.05) is 13.0 Å². The Morgan fingerprint density at radius 3 is 2.71 bits per heavy atom. The van der Waals surface area contributed by atoms with Crippen molar-refractivity contribution in [1.29, 1.82) is 0 Å². The summed E-state index contributed by atoms with van der Waals surface area (Å²) in [5.74, 6) is -2.91. The van der Waals surface area contributed by atoms with Gasteiger partial charge in [-0.2, -0.15) is 4.39 Å². The van der Waals surface area contributed by atoms with E-state index in [0.29, 0.717) is 0 Å². The van der Waals surface area contributed by atoms with Crippen LogP contribution in [0.2, 0.25) is 0 Å². The van der Waals surface area contributed by atoms with Crippen LogP contribution in [0.25, 0.3) is 0 Å². The second-order valence-electron chi connectivity index (χ2n) is 3.77. The van der Waals surface area contributed by atoms with Gasteiger partial charge in [-0.05, 0) is 12.1 Å². The van der Waals surface area contributed by atoms with Crippen LogP contribution in [0.1, 0.15) is 17.4 Å². The van der Waals surface area contributed by atoms with Gasteiger partial charge in [-0.3, -0.25) is 9.59 Å². The van der Waals surface area contributed by atoms with Gasteiger partial charge in [0.25, 0.3) is 5.91 Å². The third kappa shape index (κ3) is 3.51. The third-order valence-electron chi connectivity index (χ3n) is 2.25. The van der Waals surface area contributed by atoms with Crippen LogP contribution in [0, 0.1) is 11.9 Å². The Labute approximate surface area is 97.9 Å². The third-order valence-corrected chi connectivity index (χ3v) is 2.25. The van der Waals surface area contributed by atoms with Gasteiger partial charge >= 0.3 is 5.97 Å². The average Bonchev–Trinajstić information content (AvgIpc) is 2.27. The quantitative estimate of drug-likeness (QED) is 0.797. The van der Waals surface area contributed by atoms with E-state index in [2.05, 4.69) is 4.98 Å². The Hall–Kier alpha value is -1.98. The summed E-state index contributed by atoms with van der Waals surface area (Å²) in [5, 5.41) is 8.71. The van der Waals surface area contributed by atoms with Gasteiger partial charge in [0.05, 0.1) is 5.92 Å². The number of hydrogen-bond acceptors (Lipinski definition) is 3. The van der Waals surface area contributed by atoms with E-state index in [1.54, 1.807) is 0 Å². The minimum Gasteiger partial charge on any atom is -0.481 e. The van der Waals surface area contributed by atoms with Crippen molar-refractivity contribution in [3.63, 3.8) is 0 Å². The molecule has 0 aliphatic heterocycles. The molecule has 0 saturated heterocycles. The molecular weight excluding hydrogens is 227 g/mol. The lowest BCUT2D eigenvalue weighted by molar-refractivity contribution is -0.141. The number of aromatic nitrogens is 1. The fourth-order valence-corrected chi connectivity index (χ4v) is 1.29. The van der Waals surface area contributed by atoms with Crippen LogP contribution in [0.4, 0.5) is 4.39 Å². The highest BCUT2D eigenvalue weighted by Gasteiger charge is 2.19. The van der Waals surface area contributed by atoms with Crippen LogP contribution >= 0.6 is 0 Å². The Morgan fingerprint density at radius 1 is 1.53 bits per heavy atom. The zero-order valence-electron chi connectivity index (χ0n) is 9.55. The van der Waals surface area contributed by atoms with Crippen molar-refractivity contribution in [2.24, 2.45) is 5.92 Å². The maximum atomic E-state index is 12.8. The summed E-state index contributed by atoms with van der Waals surface area (Å²) in [7, 11) is 1.45. The molecule has 1 heterocycles. The number of aliphatic carboxylic acids is 1. The molecular formula is C11H13FN2O3. The Balaban J connectivity index is 2.73. The van der Waals surface area contributed by atoms with Gasteiger partial charge in [0, 0.05) is 13.6 Å². The monoisotopic (exact) mass is 240 g/mol. The van der Waals surface area contributed by atoms with Crippen LogP contribution in [0.15, 0.2) is 18.2 Å². The maximum Gasteiger partial charge on any atom is 0.308 e. The van der Waals surface area contributed by atoms with Gasteiger partial charge < -0.3 is 10.0 Å². The van der Waals surface area contributed by atoms with Crippen molar-refractivity contribution in [1.82, 2.24) is 9.88 Å². The number of nitrogens with zero attached hydrogens (tertiary/aromatic N) is 2. The number of carbonyl (C=O) groups is 2. The van der Waals surface area contributed by atoms with Crippen molar-refractivity contribution in [2.45, 2.75) is 6.92 Å². The van der Waals surface area contributed by atoms with Gasteiger partial charge in [0.1, 0.15) is 5.69 Å². The molecule has 0 fully saturated rings. The Morgan fingerprint density at radius 2 is 2.18 bits per heavy atom. The van der Waals surface area contributed by atoms with Crippen LogP contribution in [0.3, 0.4) is 0 Å². The molecule has 0 aliphatic carbocycles. The summed E-state index contributed by atoms with van der Waals surface area (Å²) < 4.78 is 12.8. The molecule has 0 aromatic carbocycles. The summed E-state index contributed by atoms with van der Waals surface area (Å²) in [5.41, 5.74) is -0.0370. The van der Waals surface area contributed by atoms with Crippen molar-refractivity contribution >= 4 is 11.9 Å². The first-order valence-electron chi connectivity index (χ1n) is 5.02. The van der Waals surface area contributed by atoms with Crippen LogP contribution in [0.5, 0.6) is 0 Å². The van der Waals surface area contributed by atoms with E-state index in [0.717, 1.165) is 6.07 Å². The minimum atomic E-state index is -0.989. The lowest BCUT2D eigenvalue weighted by Gasteiger charge is -2.18. The normalized spacial score (nSPS) is 11.9. The smallest absolute Gasteiger partial charge is 0.308 e. The highest BCUT2D eigenvalue weighted by Crippen LogP contribution is 2.05. The summed E-state index contributed by atoms with van der Waals surface area (Å²) >= 11 is 0. The number of carboxylic acids is 1. The predicted molar refractivity (Wildman–Crippen MR) is 58.0 cm³/mol. The molecule has 6 heteroatoms. The summed E-state index contributed by atoms with van der Waals surface area (Å²) in [6, 6.07) is 3.90. The maximum absolute atomic E-state index is 12.8. The van der Waals surface area contributed by atoms with E-state index in [9.17, 15) is 14.0 Å².